The van der Waals surface area contributed by atoms with E-state index in [0.717, 1.165) is 37.9 Å². The van der Waals surface area contributed by atoms with Gasteiger partial charge in [-0.2, -0.15) is 0 Å². The molecule has 1 aliphatic carbocycles. The van der Waals surface area contributed by atoms with Gasteiger partial charge in [0.05, 0.1) is 6.42 Å². The van der Waals surface area contributed by atoms with Gasteiger partial charge in [0.1, 0.15) is 0 Å². The van der Waals surface area contributed by atoms with Crippen molar-refractivity contribution in [3.05, 3.63) is 34.9 Å². The molecule has 0 unspecified atom stereocenters. The fraction of sp³-hybridized carbons (Fsp3) is 0.579. The zero-order valence-corrected chi connectivity index (χ0v) is 14.8. The van der Waals surface area contributed by atoms with Gasteiger partial charge >= 0.3 is 0 Å². The topological polar surface area (TPSA) is 40.6 Å². The van der Waals surface area contributed by atoms with E-state index in [4.69, 9.17) is 11.6 Å². The van der Waals surface area contributed by atoms with Crippen LogP contribution in [0.25, 0.3) is 0 Å². The molecule has 1 aromatic rings. The normalized spacial score (nSPS) is 19.4. The van der Waals surface area contributed by atoms with E-state index in [9.17, 15) is 9.59 Å². The lowest BCUT2D eigenvalue weighted by Crippen LogP contribution is -2.39. The highest BCUT2D eigenvalue weighted by molar-refractivity contribution is 6.31. The number of rotatable bonds is 3. The lowest BCUT2D eigenvalue weighted by atomic mass is 10.1. The number of nitrogens with zero attached hydrogens (tertiary/aromatic N) is 2. The Morgan fingerprint density at radius 2 is 1.62 bits per heavy atom. The van der Waals surface area contributed by atoms with Crippen LogP contribution >= 0.6 is 11.6 Å². The number of benzene rings is 1. The van der Waals surface area contributed by atoms with Crippen LogP contribution in [0.1, 0.15) is 37.7 Å². The molecule has 5 heteroatoms. The van der Waals surface area contributed by atoms with Crippen LogP contribution < -0.4 is 0 Å². The van der Waals surface area contributed by atoms with Gasteiger partial charge in [-0.25, -0.2) is 0 Å². The zero-order valence-electron chi connectivity index (χ0n) is 14.0. The van der Waals surface area contributed by atoms with Crippen molar-refractivity contribution >= 4 is 23.4 Å². The summed E-state index contributed by atoms with van der Waals surface area (Å²) in [5, 5.41) is 0.638. The Balaban J connectivity index is 1.56. The van der Waals surface area contributed by atoms with Crippen LogP contribution in [0.15, 0.2) is 24.3 Å². The molecule has 1 saturated carbocycles. The van der Waals surface area contributed by atoms with Crippen molar-refractivity contribution < 1.29 is 9.59 Å². The van der Waals surface area contributed by atoms with Crippen molar-refractivity contribution in [2.45, 2.75) is 38.5 Å². The molecule has 24 heavy (non-hydrogen) atoms. The molecule has 2 aliphatic rings. The first kappa shape index (κ1) is 17.3. The fourth-order valence-electron chi connectivity index (χ4n) is 3.73. The van der Waals surface area contributed by atoms with Gasteiger partial charge in [0.25, 0.3) is 0 Å². The first-order valence-corrected chi connectivity index (χ1v) is 9.33. The molecule has 1 aromatic carbocycles. The van der Waals surface area contributed by atoms with E-state index in [1.54, 1.807) is 0 Å². The van der Waals surface area contributed by atoms with Crippen molar-refractivity contribution in [2.75, 3.05) is 26.2 Å². The first-order chi connectivity index (χ1) is 11.6. The zero-order chi connectivity index (χ0) is 16.9. The molecule has 1 aliphatic heterocycles. The van der Waals surface area contributed by atoms with Crippen molar-refractivity contribution in [3.63, 3.8) is 0 Å². The first-order valence-electron chi connectivity index (χ1n) is 8.95. The van der Waals surface area contributed by atoms with E-state index in [0.29, 0.717) is 30.4 Å². The number of carbonyl (C=O) groups excluding carboxylic acids is 2. The predicted molar refractivity (Wildman–Crippen MR) is 94.9 cm³/mol. The molecule has 130 valence electrons. The number of halogens is 1. The second-order valence-electron chi connectivity index (χ2n) is 6.81. The molecule has 4 nitrogen and oxygen atoms in total. The molecule has 0 bridgehead atoms. The molecule has 0 aromatic heterocycles. The summed E-state index contributed by atoms with van der Waals surface area (Å²) in [6, 6.07) is 7.48. The van der Waals surface area contributed by atoms with Crippen LogP contribution in [-0.4, -0.2) is 47.8 Å². The quantitative estimate of drug-likeness (QED) is 0.842. The highest BCUT2D eigenvalue weighted by Crippen LogP contribution is 2.27. The largest absolute Gasteiger partial charge is 0.341 e. The summed E-state index contributed by atoms with van der Waals surface area (Å²) in [5.41, 5.74) is 0.868. The second-order valence-corrected chi connectivity index (χ2v) is 7.22. The highest BCUT2D eigenvalue weighted by Gasteiger charge is 2.29. The summed E-state index contributed by atoms with van der Waals surface area (Å²) < 4.78 is 0. The Morgan fingerprint density at radius 3 is 2.38 bits per heavy atom. The summed E-state index contributed by atoms with van der Waals surface area (Å²) in [4.78, 5) is 29.0. The van der Waals surface area contributed by atoms with Crippen molar-refractivity contribution in [2.24, 2.45) is 5.92 Å². The van der Waals surface area contributed by atoms with E-state index < -0.39 is 0 Å². The molecule has 1 saturated heterocycles. The minimum Gasteiger partial charge on any atom is -0.341 e. The maximum absolute atomic E-state index is 12.6. The minimum atomic E-state index is 0.0956. The van der Waals surface area contributed by atoms with E-state index in [1.165, 1.54) is 12.8 Å². The molecule has 0 radical (unpaired) electrons. The van der Waals surface area contributed by atoms with Crippen molar-refractivity contribution in [3.8, 4) is 0 Å². The number of hydrogen-bond acceptors (Lipinski definition) is 2. The van der Waals surface area contributed by atoms with Gasteiger partial charge in [0.15, 0.2) is 0 Å². The van der Waals surface area contributed by atoms with Crippen LogP contribution in [-0.2, 0) is 16.0 Å². The number of amides is 2. The van der Waals surface area contributed by atoms with Gasteiger partial charge in [-0.05, 0) is 30.9 Å². The Labute approximate surface area is 148 Å². The van der Waals surface area contributed by atoms with E-state index in [-0.39, 0.29) is 11.8 Å². The Hall–Kier alpha value is -1.55. The van der Waals surface area contributed by atoms with Gasteiger partial charge in [-0.3, -0.25) is 9.59 Å². The van der Waals surface area contributed by atoms with E-state index >= 15 is 0 Å². The third kappa shape index (κ3) is 4.10. The van der Waals surface area contributed by atoms with Crippen molar-refractivity contribution in [1.29, 1.82) is 0 Å². The molecular weight excluding hydrogens is 324 g/mol. The van der Waals surface area contributed by atoms with Crippen LogP contribution in [0, 0.1) is 5.92 Å². The van der Waals surface area contributed by atoms with E-state index in [1.807, 2.05) is 34.1 Å². The summed E-state index contributed by atoms with van der Waals surface area (Å²) >= 11 is 6.15. The minimum absolute atomic E-state index is 0.0956. The standard InChI is InChI=1S/C19H25ClN2O2/c20-17-9-4-3-8-16(17)14-18(23)21-10-5-11-22(13-12-21)19(24)15-6-1-2-7-15/h3-4,8-9,15H,1-2,5-7,10-14H2. The fourth-order valence-corrected chi connectivity index (χ4v) is 3.94. The smallest absolute Gasteiger partial charge is 0.227 e. The summed E-state index contributed by atoms with van der Waals surface area (Å²) in [6.45, 7) is 2.77. The predicted octanol–water partition coefficient (Wildman–Crippen LogP) is 3.13. The molecule has 0 spiro atoms. The summed E-state index contributed by atoms with van der Waals surface area (Å²) in [6.07, 6.45) is 5.59. The molecule has 3 rings (SSSR count). The third-order valence-corrected chi connectivity index (χ3v) is 5.53. The molecule has 2 amide bonds. The average molecular weight is 349 g/mol. The SMILES string of the molecule is O=C(Cc1ccccc1Cl)N1CCCN(C(=O)C2CCCC2)CC1. The molecule has 1 heterocycles. The third-order valence-electron chi connectivity index (χ3n) is 5.16. The maximum Gasteiger partial charge on any atom is 0.227 e. The van der Waals surface area contributed by atoms with Crippen LogP contribution in [0.2, 0.25) is 5.02 Å². The average Bonchev–Trinajstić information content (AvgIpc) is 3.00. The maximum atomic E-state index is 12.6. The van der Waals surface area contributed by atoms with E-state index in [2.05, 4.69) is 0 Å². The number of carbonyl (C=O) groups is 2. The Morgan fingerprint density at radius 1 is 0.958 bits per heavy atom. The Kier molecular flexibility index (Phi) is 5.77. The lowest BCUT2D eigenvalue weighted by Gasteiger charge is -2.24. The molecule has 2 fully saturated rings. The van der Waals surface area contributed by atoms with Gasteiger partial charge in [-0.15, -0.1) is 0 Å². The number of hydrogen-bond donors (Lipinski definition) is 0. The Bertz CT molecular complexity index is 599. The lowest BCUT2D eigenvalue weighted by molar-refractivity contribution is -0.136. The van der Waals surface area contributed by atoms with Crippen LogP contribution in [0.3, 0.4) is 0 Å². The monoisotopic (exact) mass is 348 g/mol. The van der Waals surface area contributed by atoms with Gasteiger partial charge in [-0.1, -0.05) is 42.6 Å². The molecule has 0 N–H and O–H groups in total. The highest BCUT2D eigenvalue weighted by atomic mass is 35.5. The second kappa shape index (κ2) is 8.02. The summed E-state index contributed by atoms with van der Waals surface area (Å²) in [7, 11) is 0. The van der Waals surface area contributed by atoms with Crippen LogP contribution in [0.5, 0.6) is 0 Å². The molecule has 0 atom stereocenters. The van der Waals surface area contributed by atoms with Crippen molar-refractivity contribution in [1.82, 2.24) is 9.80 Å². The van der Waals surface area contributed by atoms with Gasteiger partial charge < -0.3 is 9.80 Å². The molecular formula is C19H25ClN2O2. The van der Waals surface area contributed by atoms with Gasteiger partial charge in [0.2, 0.25) is 11.8 Å². The van der Waals surface area contributed by atoms with Crippen LogP contribution in [0.4, 0.5) is 0 Å². The summed E-state index contributed by atoms with van der Waals surface area (Å²) in [5.74, 6) is 0.613. The van der Waals surface area contributed by atoms with Gasteiger partial charge in [0, 0.05) is 37.1 Å².